The van der Waals surface area contributed by atoms with Crippen LogP contribution in [0.15, 0.2) is 30.6 Å². The quantitative estimate of drug-likeness (QED) is 0.850. The first-order chi connectivity index (χ1) is 8.31. The Balaban J connectivity index is 1.81. The summed E-state index contributed by atoms with van der Waals surface area (Å²) < 4.78 is 0. The Hall–Kier alpha value is -1.68. The van der Waals surface area contributed by atoms with Gasteiger partial charge < -0.3 is 10.2 Å². The van der Waals surface area contributed by atoms with Crippen LogP contribution in [0.4, 0.5) is 5.69 Å². The molecule has 1 aliphatic heterocycles. The SMILES string of the molecule is CN1CCC(Nc2ccc3nccnc3c2)C1. The maximum absolute atomic E-state index is 4.32. The molecule has 2 heterocycles. The molecule has 1 N–H and O–H groups in total. The summed E-state index contributed by atoms with van der Waals surface area (Å²) in [6.45, 7) is 2.28. The van der Waals surface area contributed by atoms with Crippen molar-refractivity contribution in [2.24, 2.45) is 0 Å². The Morgan fingerprint density at radius 2 is 2.06 bits per heavy atom. The number of hydrogen-bond donors (Lipinski definition) is 1. The second kappa shape index (κ2) is 4.30. The van der Waals surface area contributed by atoms with E-state index in [4.69, 9.17) is 0 Å². The zero-order chi connectivity index (χ0) is 11.7. The van der Waals surface area contributed by atoms with Crippen LogP contribution < -0.4 is 5.32 Å². The standard InChI is InChI=1S/C13H16N4/c1-17-7-4-11(9-17)16-10-2-3-12-13(8-10)15-6-5-14-12/h2-3,5-6,8,11,16H,4,7,9H2,1H3. The Morgan fingerprint density at radius 1 is 1.24 bits per heavy atom. The molecule has 2 aromatic rings. The summed E-state index contributed by atoms with van der Waals surface area (Å²) in [6.07, 6.45) is 4.66. The molecule has 1 fully saturated rings. The van der Waals surface area contributed by atoms with E-state index >= 15 is 0 Å². The van der Waals surface area contributed by atoms with Crippen LogP contribution in [0.1, 0.15) is 6.42 Å². The lowest BCUT2D eigenvalue weighted by molar-refractivity contribution is 0.414. The van der Waals surface area contributed by atoms with Gasteiger partial charge in [-0.25, -0.2) is 0 Å². The van der Waals surface area contributed by atoms with Crippen LogP contribution in [0.25, 0.3) is 11.0 Å². The van der Waals surface area contributed by atoms with Crippen molar-refractivity contribution in [3.8, 4) is 0 Å². The molecule has 1 aromatic carbocycles. The molecule has 1 unspecified atom stereocenters. The van der Waals surface area contributed by atoms with E-state index in [0.717, 1.165) is 23.3 Å². The van der Waals surface area contributed by atoms with Crippen molar-refractivity contribution in [2.45, 2.75) is 12.5 Å². The van der Waals surface area contributed by atoms with E-state index in [9.17, 15) is 0 Å². The van der Waals surface area contributed by atoms with Crippen LogP contribution in [0, 0.1) is 0 Å². The molecule has 1 atom stereocenters. The smallest absolute Gasteiger partial charge is 0.0907 e. The van der Waals surface area contributed by atoms with Crippen LogP contribution >= 0.6 is 0 Å². The van der Waals surface area contributed by atoms with Crippen molar-refractivity contribution in [1.29, 1.82) is 0 Å². The highest BCUT2D eigenvalue weighted by Crippen LogP contribution is 2.18. The van der Waals surface area contributed by atoms with Gasteiger partial charge in [-0.05, 0) is 38.2 Å². The zero-order valence-corrected chi connectivity index (χ0v) is 9.93. The molecule has 0 aliphatic carbocycles. The van der Waals surface area contributed by atoms with Gasteiger partial charge in [-0.2, -0.15) is 0 Å². The normalized spacial score (nSPS) is 20.9. The van der Waals surface area contributed by atoms with Gasteiger partial charge in [0.15, 0.2) is 0 Å². The van der Waals surface area contributed by atoms with Crippen molar-refractivity contribution in [1.82, 2.24) is 14.9 Å². The lowest BCUT2D eigenvalue weighted by Crippen LogP contribution is -2.23. The fraction of sp³-hybridized carbons (Fsp3) is 0.385. The first-order valence-corrected chi connectivity index (χ1v) is 5.97. The molecular weight excluding hydrogens is 212 g/mol. The van der Waals surface area contributed by atoms with Gasteiger partial charge in [-0.15, -0.1) is 0 Å². The van der Waals surface area contributed by atoms with Gasteiger partial charge in [0.2, 0.25) is 0 Å². The van der Waals surface area contributed by atoms with Crippen molar-refractivity contribution in [3.63, 3.8) is 0 Å². The molecule has 1 saturated heterocycles. The number of hydrogen-bond acceptors (Lipinski definition) is 4. The topological polar surface area (TPSA) is 41.0 Å². The Bertz CT molecular complexity index is 526. The van der Waals surface area contributed by atoms with E-state index in [1.807, 2.05) is 6.07 Å². The van der Waals surface area contributed by atoms with Crippen LogP contribution in [0.5, 0.6) is 0 Å². The van der Waals surface area contributed by atoms with Crippen LogP contribution in [0.2, 0.25) is 0 Å². The van der Waals surface area contributed by atoms with Gasteiger partial charge in [-0.1, -0.05) is 0 Å². The summed E-state index contributed by atoms with van der Waals surface area (Å²) in [4.78, 5) is 10.9. The number of anilines is 1. The lowest BCUT2D eigenvalue weighted by Gasteiger charge is -2.14. The molecule has 0 saturated carbocycles. The number of nitrogens with one attached hydrogen (secondary N) is 1. The maximum Gasteiger partial charge on any atom is 0.0907 e. The van der Waals surface area contributed by atoms with E-state index in [1.165, 1.54) is 13.0 Å². The number of nitrogens with zero attached hydrogens (tertiary/aromatic N) is 3. The van der Waals surface area contributed by atoms with Gasteiger partial charge >= 0.3 is 0 Å². The average Bonchev–Trinajstić information content (AvgIpc) is 2.75. The van der Waals surface area contributed by atoms with Crippen LogP contribution in [0.3, 0.4) is 0 Å². The fourth-order valence-corrected chi connectivity index (χ4v) is 2.34. The van der Waals surface area contributed by atoms with Gasteiger partial charge in [0.1, 0.15) is 0 Å². The number of fused-ring (bicyclic) bond motifs is 1. The van der Waals surface area contributed by atoms with E-state index in [-0.39, 0.29) is 0 Å². The highest BCUT2D eigenvalue weighted by atomic mass is 15.2. The van der Waals surface area contributed by atoms with E-state index in [2.05, 4.69) is 39.4 Å². The molecule has 0 radical (unpaired) electrons. The third kappa shape index (κ3) is 2.22. The summed E-state index contributed by atoms with van der Waals surface area (Å²) in [6, 6.07) is 6.72. The van der Waals surface area contributed by atoms with Gasteiger partial charge in [0.25, 0.3) is 0 Å². The molecular formula is C13H16N4. The second-order valence-corrected chi connectivity index (χ2v) is 4.65. The predicted molar refractivity (Wildman–Crippen MR) is 69.1 cm³/mol. The third-order valence-corrected chi connectivity index (χ3v) is 3.23. The highest BCUT2D eigenvalue weighted by molar-refractivity contribution is 5.78. The molecule has 1 aromatic heterocycles. The van der Waals surface area contributed by atoms with Gasteiger partial charge in [0, 0.05) is 30.7 Å². The number of benzene rings is 1. The van der Waals surface area contributed by atoms with Crippen LogP contribution in [-0.4, -0.2) is 41.0 Å². The van der Waals surface area contributed by atoms with E-state index < -0.39 is 0 Å². The number of likely N-dealkylation sites (tertiary alicyclic amines) is 1. The van der Waals surface area contributed by atoms with Gasteiger partial charge in [0.05, 0.1) is 11.0 Å². The van der Waals surface area contributed by atoms with Crippen LogP contribution in [-0.2, 0) is 0 Å². The molecule has 3 rings (SSSR count). The largest absolute Gasteiger partial charge is 0.381 e. The third-order valence-electron chi connectivity index (χ3n) is 3.23. The summed E-state index contributed by atoms with van der Waals surface area (Å²) in [7, 11) is 2.16. The Morgan fingerprint density at radius 3 is 2.82 bits per heavy atom. The van der Waals surface area contributed by atoms with Crippen molar-refractivity contribution in [2.75, 3.05) is 25.5 Å². The van der Waals surface area contributed by atoms with E-state index in [1.54, 1.807) is 12.4 Å². The molecule has 0 bridgehead atoms. The summed E-state index contributed by atoms with van der Waals surface area (Å²) in [5.74, 6) is 0. The minimum atomic E-state index is 0.550. The molecule has 0 amide bonds. The predicted octanol–water partition coefficient (Wildman–Crippen LogP) is 1.75. The summed E-state index contributed by atoms with van der Waals surface area (Å²) in [5.41, 5.74) is 3.03. The van der Waals surface area contributed by atoms with Gasteiger partial charge in [-0.3, -0.25) is 9.97 Å². The number of rotatable bonds is 2. The fourth-order valence-electron chi connectivity index (χ4n) is 2.34. The maximum atomic E-state index is 4.32. The minimum Gasteiger partial charge on any atom is -0.381 e. The molecule has 0 spiro atoms. The molecule has 4 nitrogen and oxygen atoms in total. The Kier molecular flexibility index (Phi) is 2.65. The lowest BCUT2D eigenvalue weighted by atomic mass is 10.2. The Labute approximate surface area is 101 Å². The summed E-state index contributed by atoms with van der Waals surface area (Å²) >= 11 is 0. The van der Waals surface area contributed by atoms with Crippen molar-refractivity contribution >= 4 is 16.7 Å². The first kappa shape index (κ1) is 10.5. The summed E-state index contributed by atoms with van der Waals surface area (Å²) in [5, 5.41) is 3.55. The number of aromatic nitrogens is 2. The molecule has 17 heavy (non-hydrogen) atoms. The highest BCUT2D eigenvalue weighted by Gasteiger charge is 2.18. The number of likely N-dealkylation sites (N-methyl/N-ethyl adjacent to an activating group) is 1. The molecule has 1 aliphatic rings. The molecule has 4 heteroatoms. The minimum absolute atomic E-state index is 0.550. The molecule has 88 valence electrons. The van der Waals surface area contributed by atoms with E-state index in [0.29, 0.717) is 6.04 Å². The monoisotopic (exact) mass is 228 g/mol. The average molecular weight is 228 g/mol. The second-order valence-electron chi connectivity index (χ2n) is 4.65. The first-order valence-electron chi connectivity index (χ1n) is 5.97. The zero-order valence-electron chi connectivity index (χ0n) is 9.93. The van der Waals surface area contributed by atoms with Crippen molar-refractivity contribution < 1.29 is 0 Å². The van der Waals surface area contributed by atoms with Crippen molar-refractivity contribution in [3.05, 3.63) is 30.6 Å².